The Balaban J connectivity index is 2.19. The lowest BCUT2D eigenvalue weighted by atomic mass is 10.0. The summed E-state index contributed by atoms with van der Waals surface area (Å²) in [6.45, 7) is 7.65. The van der Waals surface area contributed by atoms with Gasteiger partial charge in [0.2, 0.25) is 0 Å². The van der Waals surface area contributed by atoms with Crippen LogP contribution in [0.1, 0.15) is 63.2 Å². The van der Waals surface area contributed by atoms with E-state index < -0.39 is 0 Å². The van der Waals surface area contributed by atoms with Crippen molar-refractivity contribution >= 4 is 17.6 Å². The van der Waals surface area contributed by atoms with Crippen LogP contribution in [0, 0.1) is 5.92 Å². The van der Waals surface area contributed by atoms with Crippen LogP contribution in [0.2, 0.25) is 0 Å². The second kappa shape index (κ2) is 11.5. The average Bonchev–Trinajstić information content (AvgIpc) is 2.54. The molecule has 0 fully saturated rings. The van der Waals surface area contributed by atoms with Crippen LogP contribution >= 0.6 is 0 Å². The van der Waals surface area contributed by atoms with Crippen LogP contribution in [-0.4, -0.2) is 25.0 Å². The van der Waals surface area contributed by atoms with E-state index in [1.54, 1.807) is 24.3 Å². The Bertz CT molecular complexity index is 498. The Hall–Kier alpha value is -2.04. The number of rotatable bonds is 10. The molecule has 0 saturated heterocycles. The zero-order valence-corrected chi connectivity index (χ0v) is 15.2. The molecule has 1 aromatic rings. The van der Waals surface area contributed by atoms with Crippen molar-refractivity contribution in [2.45, 2.75) is 52.9 Å². The molecule has 0 aliphatic carbocycles. The van der Waals surface area contributed by atoms with Crippen molar-refractivity contribution in [1.29, 1.82) is 0 Å². The minimum Gasteiger partial charge on any atom is -0.352 e. The minimum absolute atomic E-state index is 0.106. The van der Waals surface area contributed by atoms with Gasteiger partial charge in [0.25, 0.3) is 5.91 Å². The van der Waals surface area contributed by atoms with Crippen molar-refractivity contribution in [3.8, 4) is 0 Å². The third-order valence-corrected chi connectivity index (χ3v) is 3.74. The molecule has 5 nitrogen and oxygen atoms in total. The Morgan fingerprint density at radius 2 is 1.62 bits per heavy atom. The van der Waals surface area contributed by atoms with E-state index in [2.05, 4.69) is 29.8 Å². The zero-order valence-electron chi connectivity index (χ0n) is 15.2. The molecule has 5 heteroatoms. The lowest BCUT2D eigenvalue weighted by Gasteiger charge is -2.09. The van der Waals surface area contributed by atoms with Crippen LogP contribution in [-0.2, 0) is 0 Å². The summed E-state index contributed by atoms with van der Waals surface area (Å²) in [7, 11) is 0. The Morgan fingerprint density at radius 1 is 0.958 bits per heavy atom. The number of carbonyl (C=O) groups excluding carboxylic acids is 2. The van der Waals surface area contributed by atoms with Crippen LogP contribution in [0.15, 0.2) is 24.3 Å². The summed E-state index contributed by atoms with van der Waals surface area (Å²) in [5.41, 5.74) is 1.27. The van der Waals surface area contributed by atoms with E-state index >= 15 is 0 Å². The maximum absolute atomic E-state index is 11.8. The van der Waals surface area contributed by atoms with E-state index in [0.717, 1.165) is 18.8 Å². The van der Waals surface area contributed by atoms with E-state index in [0.29, 0.717) is 24.3 Å². The normalized spacial score (nSPS) is 10.5. The highest BCUT2D eigenvalue weighted by Crippen LogP contribution is 2.10. The van der Waals surface area contributed by atoms with E-state index in [-0.39, 0.29) is 11.9 Å². The van der Waals surface area contributed by atoms with Gasteiger partial charge in [-0.3, -0.25) is 4.79 Å². The number of anilines is 1. The molecular weight excluding hydrogens is 302 g/mol. The van der Waals surface area contributed by atoms with E-state index in [4.69, 9.17) is 0 Å². The van der Waals surface area contributed by atoms with Gasteiger partial charge in [-0.1, -0.05) is 39.5 Å². The third kappa shape index (κ3) is 8.56. The fraction of sp³-hybridized carbons (Fsp3) is 0.579. The smallest absolute Gasteiger partial charge is 0.319 e. The summed E-state index contributed by atoms with van der Waals surface area (Å²) in [6.07, 6.45) is 5.92. The molecule has 0 aromatic heterocycles. The standard InChI is InChI=1S/C19H31N3O2/c1-4-20-18(23)16-10-12-17(13-11-16)22-19(24)21-14-8-6-5-7-9-15(2)3/h10-13,15H,4-9,14H2,1-3H3,(H,20,23)(H2,21,22,24). The maximum atomic E-state index is 11.8. The van der Waals surface area contributed by atoms with E-state index in [9.17, 15) is 9.59 Å². The molecule has 0 heterocycles. The first-order valence-electron chi connectivity index (χ1n) is 8.96. The Labute approximate surface area is 145 Å². The first-order valence-corrected chi connectivity index (χ1v) is 8.96. The summed E-state index contributed by atoms with van der Waals surface area (Å²) in [5.74, 6) is 0.666. The highest BCUT2D eigenvalue weighted by atomic mass is 16.2. The number of carbonyl (C=O) groups is 2. The van der Waals surface area contributed by atoms with Gasteiger partial charge in [0, 0.05) is 24.3 Å². The molecule has 134 valence electrons. The molecule has 0 saturated carbocycles. The topological polar surface area (TPSA) is 70.2 Å². The highest BCUT2D eigenvalue weighted by molar-refractivity contribution is 5.95. The van der Waals surface area contributed by atoms with Crippen LogP contribution in [0.25, 0.3) is 0 Å². The number of urea groups is 1. The third-order valence-electron chi connectivity index (χ3n) is 3.74. The number of benzene rings is 1. The molecule has 0 radical (unpaired) electrons. The molecule has 24 heavy (non-hydrogen) atoms. The summed E-state index contributed by atoms with van der Waals surface area (Å²) in [6, 6.07) is 6.67. The molecular formula is C19H31N3O2. The predicted octanol–water partition coefficient (Wildman–Crippen LogP) is 4.16. The predicted molar refractivity (Wildman–Crippen MR) is 99.4 cm³/mol. The van der Waals surface area contributed by atoms with Crippen molar-refractivity contribution in [2.24, 2.45) is 5.92 Å². The summed E-state index contributed by atoms with van der Waals surface area (Å²) in [5, 5.41) is 8.37. The molecule has 1 aromatic carbocycles. The lowest BCUT2D eigenvalue weighted by molar-refractivity contribution is 0.0956. The van der Waals surface area contributed by atoms with Crippen molar-refractivity contribution in [2.75, 3.05) is 18.4 Å². The first-order chi connectivity index (χ1) is 11.5. The fourth-order valence-corrected chi connectivity index (χ4v) is 2.38. The van der Waals surface area contributed by atoms with Crippen LogP contribution in [0.5, 0.6) is 0 Å². The molecule has 0 aliphatic rings. The first kappa shape index (κ1) is 20.0. The number of nitrogens with one attached hydrogen (secondary N) is 3. The number of hydrogen-bond donors (Lipinski definition) is 3. The molecule has 0 unspecified atom stereocenters. The van der Waals surface area contributed by atoms with Crippen molar-refractivity contribution < 1.29 is 9.59 Å². The maximum Gasteiger partial charge on any atom is 0.319 e. The molecule has 0 atom stereocenters. The van der Waals surface area contributed by atoms with Crippen LogP contribution in [0.3, 0.4) is 0 Å². The molecule has 3 amide bonds. The molecule has 3 N–H and O–H groups in total. The Morgan fingerprint density at radius 3 is 2.25 bits per heavy atom. The number of unbranched alkanes of at least 4 members (excludes halogenated alkanes) is 3. The molecule has 0 bridgehead atoms. The van der Waals surface area contributed by atoms with Crippen molar-refractivity contribution in [1.82, 2.24) is 10.6 Å². The number of amides is 3. The summed E-state index contributed by atoms with van der Waals surface area (Å²) >= 11 is 0. The summed E-state index contributed by atoms with van der Waals surface area (Å²) < 4.78 is 0. The van der Waals surface area contributed by atoms with Gasteiger partial charge in [0.15, 0.2) is 0 Å². The second-order valence-electron chi connectivity index (χ2n) is 6.41. The average molecular weight is 333 g/mol. The largest absolute Gasteiger partial charge is 0.352 e. The van der Waals surface area contributed by atoms with E-state index in [1.165, 1.54) is 19.3 Å². The van der Waals surface area contributed by atoms with Gasteiger partial charge in [0.1, 0.15) is 0 Å². The fourth-order valence-electron chi connectivity index (χ4n) is 2.38. The second-order valence-corrected chi connectivity index (χ2v) is 6.41. The molecule has 1 rings (SSSR count). The van der Waals surface area contributed by atoms with Crippen LogP contribution in [0.4, 0.5) is 10.5 Å². The van der Waals surface area contributed by atoms with Gasteiger partial charge >= 0.3 is 6.03 Å². The van der Waals surface area contributed by atoms with Gasteiger partial charge in [-0.25, -0.2) is 4.79 Å². The highest BCUT2D eigenvalue weighted by Gasteiger charge is 2.05. The zero-order chi connectivity index (χ0) is 17.8. The summed E-state index contributed by atoms with van der Waals surface area (Å²) in [4.78, 5) is 23.5. The number of hydrogen-bond acceptors (Lipinski definition) is 2. The van der Waals surface area contributed by atoms with Gasteiger partial charge in [-0.05, 0) is 43.5 Å². The van der Waals surface area contributed by atoms with Gasteiger partial charge in [0.05, 0.1) is 0 Å². The monoisotopic (exact) mass is 333 g/mol. The van der Waals surface area contributed by atoms with E-state index in [1.807, 2.05) is 6.92 Å². The lowest BCUT2D eigenvalue weighted by Crippen LogP contribution is -2.29. The Kier molecular flexibility index (Phi) is 9.58. The SMILES string of the molecule is CCNC(=O)c1ccc(NC(=O)NCCCCCCC(C)C)cc1. The van der Waals surface area contributed by atoms with Gasteiger partial charge in [-0.15, -0.1) is 0 Å². The van der Waals surface area contributed by atoms with Crippen LogP contribution < -0.4 is 16.0 Å². The van der Waals surface area contributed by atoms with Gasteiger partial charge < -0.3 is 16.0 Å². The minimum atomic E-state index is -0.206. The van der Waals surface area contributed by atoms with Crippen molar-refractivity contribution in [3.63, 3.8) is 0 Å². The molecule has 0 spiro atoms. The van der Waals surface area contributed by atoms with Gasteiger partial charge in [-0.2, -0.15) is 0 Å². The molecule has 0 aliphatic heterocycles. The quantitative estimate of drug-likeness (QED) is 0.563. The van der Waals surface area contributed by atoms with Crippen molar-refractivity contribution in [3.05, 3.63) is 29.8 Å².